The number of nitrogens with zero attached hydrogens (tertiary/aromatic N) is 4. The second-order valence-corrected chi connectivity index (χ2v) is 12.8. The lowest BCUT2D eigenvalue weighted by atomic mass is 10.0. The van der Waals surface area contributed by atoms with Crippen molar-refractivity contribution in [3.8, 4) is 21.1 Å². The molecule has 4 nitrogen and oxygen atoms in total. The van der Waals surface area contributed by atoms with E-state index in [1.807, 2.05) is 12.1 Å². The van der Waals surface area contributed by atoms with Crippen molar-refractivity contribution in [1.29, 1.82) is 0 Å². The predicted molar refractivity (Wildman–Crippen MR) is 187 cm³/mol. The minimum atomic E-state index is 1.04. The van der Waals surface area contributed by atoms with Gasteiger partial charge in [-0.25, -0.2) is 9.97 Å². The molecule has 6 aromatic carbocycles. The maximum Gasteiger partial charge on any atom is 0.124 e. The van der Waals surface area contributed by atoms with Gasteiger partial charge in [0.05, 0.1) is 43.2 Å². The molecule has 0 atom stereocenters. The van der Waals surface area contributed by atoms with Crippen LogP contribution in [0.3, 0.4) is 0 Å². The third-order valence-corrected chi connectivity index (χ3v) is 10.2. The van der Waals surface area contributed by atoms with E-state index in [-0.39, 0.29) is 0 Å². The van der Waals surface area contributed by atoms with E-state index in [1.54, 1.807) is 22.7 Å². The summed E-state index contributed by atoms with van der Waals surface area (Å²) >= 11 is 3.47. The van der Waals surface area contributed by atoms with Crippen molar-refractivity contribution in [2.75, 3.05) is 9.80 Å². The Balaban J connectivity index is 1.11. The lowest BCUT2D eigenvalue weighted by Crippen LogP contribution is -2.23. The molecule has 2 aromatic heterocycles. The Bertz CT molecular complexity index is 2020. The van der Waals surface area contributed by atoms with Gasteiger partial charge >= 0.3 is 0 Å². The molecular weight excluding hydrogens is 577 g/mol. The molecule has 0 fully saturated rings. The van der Waals surface area contributed by atoms with Gasteiger partial charge in [0, 0.05) is 22.5 Å². The molecule has 6 heteroatoms. The van der Waals surface area contributed by atoms with Crippen LogP contribution < -0.4 is 9.80 Å². The number of benzene rings is 6. The average Bonchev–Trinajstić information content (AvgIpc) is 3.72. The average molecular weight is 601 g/mol. The summed E-state index contributed by atoms with van der Waals surface area (Å²) in [7, 11) is 0. The first-order chi connectivity index (χ1) is 21.8. The van der Waals surface area contributed by atoms with Crippen molar-refractivity contribution in [1.82, 2.24) is 9.97 Å². The summed E-state index contributed by atoms with van der Waals surface area (Å²) in [6.07, 6.45) is 0. The van der Waals surface area contributed by atoms with Crippen LogP contribution in [0.5, 0.6) is 0 Å². The molecule has 0 bridgehead atoms. The fourth-order valence-corrected chi connectivity index (χ4v) is 7.94. The fourth-order valence-electron chi connectivity index (χ4n) is 6.00. The molecule has 0 saturated carbocycles. The Morgan fingerprint density at radius 2 is 0.705 bits per heavy atom. The lowest BCUT2D eigenvalue weighted by molar-refractivity contribution is 1.17. The van der Waals surface area contributed by atoms with Crippen LogP contribution in [0.4, 0.5) is 34.1 Å². The van der Waals surface area contributed by atoms with Gasteiger partial charge in [0.15, 0.2) is 0 Å². The van der Waals surface area contributed by atoms with Gasteiger partial charge in [0.1, 0.15) is 10.0 Å². The van der Waals surface area contributed by atoms with Crippen molar-refractivity contribution in [3.05, 3.63) is 146 Å². The van der Waals surface area contributed by atoms with Crippen LogP contribution in [0.1, 0.15) is 0 Å². The van der Waals surface area contributed by atoms with Crippen LogP contribution >= 0.6 is 22.7 Å². The molecule has 8 aromatic rings. The highest BCUT2D eigenvalue weighted by molar-refractivity contribution is 7.22. The van der Waals surface area contributed by atoms with Crippen molar-refractivity contribution in [2.45, 2.75) is 0 Å². The lowest BCUT2D eigenvalue weighted by Gasteiger charge is -2.40. The van der Waals surface area contributed by atoms with Crippen LogP contribution in [0.2, 0.25) is 0 Å². The zero-order valence-corrected chi connectivity index (χ0v) is 25.1. The summed E-state index contributed by atoms with van der Waals surface area (Å²) in [5.41, 5.74) is 11.1. The monoisotopic (exact) mass is 600 g/mol. The molecule has 0 aliphatic carbocycles. The van der Waals surface area contributed by atoms with Gasteiger partial charge in [-0.05, 0) is 97.1 Å². The topological polar surface area (TPSA) is 32.3 Å². The Morgan fingerprint density at radius 3 is 1.07 bits per heavy atom. The molecule has 0 amide bonds. The third kappa shape index (κ3) is 4.11. The Labute approximate surface area is 262 Å². The molecular formula is C38H24N4S2. The second kappa shape index (κ2) is 10.2. The Hall–Kier alpha value is -5.30. The van der Waals surface area contributed by atoms with E-state index in [1.165, 1.54) is 9.40 Å². The number of thiazole rings is 2. The van der Waals surface area contributed by atoms with E-state index in [9.17, 15) is 0 Å². The number of rotatable bonds is 4. The molecule has 1 aliphatic rings. The first kappa shape index (κ1) is 25.2. The quantitative estimate of drug-likeness (QED) is 0.201. The van der Waals surface area contributed by atoms with E-state index >= 15 is 0 Å². The van der Waals surface area contributed by atoms with Gasteiger partial charge in [0.25, 0.3) is 0 Å². The first-order valence-corrected chi connectivity index (χ1v) is 16.1. The molecule has 1 aliphatic heterocycles. The molecule has 3 heterocycles. The van der Waals surface area contributed by atoms with Crippen molar-refractivity contribution in [3.63, 3.8) is 0 Å². The highest BCUT2D eigenvalue weighted by Crippen LogP contribution is 2.54. The van der Waals surface area contributed by atoms with E-state index in [2.05, 4.69) is 143 Å². The van der Waals surface area contributed by atoms with E-state index in [4.69, 9.17) is 9.97 Å². The third-order valence-electron chi connectivity index (χ3n) is 8.06. The largest absolute Gasteiger partial charge is 0.306 e. The van der Waals surface area contributed by atoms with Crippen molar-refractivity contribution >= 4 is 77.2 Å². The van der Waals surface area contributed by atoms with Crippen LogP contribution in [-0.4, -0.2) is 9.97 Å². The van der Waals surface area contributed by atoms with Gasteiger partial charge in [-0.1, -0.05) is 48.5 Å². The van der Waals surface area contributed by atoms with E-state index in [0.29, 0.717) is 0 Å². The van der Waals surface area contributed by atoms with Gasteiger partial charge < -0.3 is 9.80 Å². The van der Waals surface area contributed by atoms with Crippen LogP contribution in [0.25, 0.3) is 41.6 Å². The summed E-state index contributed by atoms with van der Waals surface area (Å²) in [6.45, 7) is 0. The van der Waals surface area contributed by atoms with E-state index < -0.39 is 0 Å². The number of fused-ring (bicyclic) bond motifs is 4. The minimum absolute atomic E-state index is 1.04. The number of anilines is 6. The molecule has 0 spiro atoms. The molecule has 0 radical (unpaired) electrons. The Morgan fingerprint density at radius 1 is 0.364 bits per heavy atom. The number of para-hydroxylation sites is 6. The highest BCUT2D eigenvalue weighted by Gasteiger charge is 2.30. The zero-order chi connectivity index (χ0) is 29.0. The molecule has 0 N–H and O–H groups in total. The molecule has 44 heavy (non-hydrogen) atoms. The molecule has 208 valence electrons. The highest BCUT2D eigenvalue weighted by atomic mass is 32.1. The maximum atomic E-state index is 4.87. The predicted octanol–water partition coefficient (Wildman–Crippen LogP) is 11.5. The van der Waals surface area contributed by atoms with Gasteiger partial charge in [0.2, 0.25) is 0 Å². The van der Waals surface area contributed by atoms with E-state index in [0.717, 1.165) is 66.3 Å². The minimum Gasteiger partial charge on any atom is -0.306 e. The molecule has 0 unspecified atom stereocenters. The van der Waals surface area contributed by atoms with Gasteiger partial charge in [-0.3, -0.25) is 0 Å². The summed E-state index contributed by atoms with van der Waals surface area (Å²) in [5, 5.41) is 2.08. The van der Waals surface area contributed by atoms with Crippen molar-refractivity contribution in [2.24, 2.45) is 0 Å². The van der Waals surface area contributed by atoms with Crippen LogP contribution in [0, 0.1) is 0 Å². The first-order valence-electron chi connectivity index (χ1n) is 14.5. The van der Waals surface area contributed by atoms with Gasteiger partial charge in [-0.15, -0.1) is 22.7 Å². The fraction of sp³-hybridized carbons (Fsp3) is 0. The summed E-state index contributed by atoms with van der Waals surface area (Å²) in [5.74, 6) is 0. The number of aromatic nitrogens is 2. The summed E-state index contributed by atoms with van der Waals surface area (Å²) < 4.78 is 2.41. The smallest absolute Gasteiger partial charge is 0.124 e. The number of hydrogen-bond acceptors (Lipinski definition) is 6. The normalized spacial score (nSPS) is 12.5. The summed E-state index contributed by atoms with van der Waals surface area (Å²) in [4.78, 5) is 14.5. The SMILES string of the molecule is c1ccc2c(c1)N(c1ccc(-c3nc4ccccc4s3)cc1)c1ccccc1N2c1ccc(-c2nc3ccccc3s2)cc1. The van der Waals surface area contributed by atoms with Crippen LogP contribution in [-0.2, 0) is 0 Å². The zero-order valence-electron chi connectivity index (χ0n) is 23.5. The molecule has 9 rings (SSSR count). The maximum absolute atomic E-state index is 4.87. The number of hydrogen-bond donors (Lipinski definition) is 0. The Kier molecular flexibility index (Phi) is 5.82. The summed E-state index contributed by atoms with van der Waals surface area (Å²) in [6, 6.07) is 51.5. The van der Waals surface area contributed by atoms with Crippen LogP contribution in [0.15, 0.2) is 146 Å². The standard InChI is InChI=1S/C38H24N4S2/c1-7-15-35-29(9-1)39-37(43-35)25-17-21-27(22-18-25)41-31-11-3-5-13-33(31)42(34-14-6-4-12-32(34)41)28-23-19-26(20-24-28)38-40-30-10-2-8-16-36(30)44-38/h1-24H. The van der Waals surface area contributed by atoms with Crippen molar-refractivity contribution < 1.29 is 0 Å². The van der Waals surface area contributed by atoms with Gasteiger partial charge in [-0.2, -0.15) is 0 Å². The molecule has 0 saturated heterocycles. The second-order valence-electron chi connectivity index (χ2n) is 10.7.